The summed E-state index contributed by atoms with van der Waals surface area (Å²) in [6.07, 6.45) is 3.64. The highest BCUT2D eigenvalue weighted by Crippen LogP contribution is 2.27. The number of ether oxygens (including phenoxy) is 2. The van der Waals surface area contributed by atoms with Crippen molar-refractivity contribution in [2.24, 2.45) is 0 Å². The summed E-state index contributed by atoms with van der Waals surface area (Å²) in [5, 5.41) is 3.53. The Hall–Kier alpha value is -3.03. The van der Waals surface area contributed by atoms with E-state index in [4.69, 9.17) is 19.4 Å². The zero-order chi connectivity index (χ0) is 22.2. The fraction of sp³-hybridized carbons (Fsp3) is 0.400. The van der Waals surface area contributed by atoms with Crippen molar-refractivity contribution in [3.8, 4) is 17.3 Å². The van der Waals surface area contributed by atoms with Crippen molar-refractivity contribution in [1.29, 1.82) is 0 Å². The molecule has 1 aliphatic rings. The lowest BCUT2D eigenvalue weighted by Gasteiger charge is -2.29. The Morgan fingerprint density at radius 2 is 1.97 bits per heavy atom. The van der Waals surface area contributed by atoms with Gasteiger partial charge >= 0.3 is 0 Å². The summed E-state index contributed by atoms with van der Waals surface area (Å²) in [5.74, 6) is 2.48. The molecule has 4 rings (SSSR count). The molecule has 0 fully saturated rings. The van der Waals surface area contributed by atoms with E-state index < -0.39 is 0 Å². The van der Waals surface area contributed by atoms with Crippen LogP contribution < -0.4 is 10.1 Å². The molecule has 0 saturated carbocycles. The molecular formula is C25H31N5O2. The fourth-order valence-corrected chi connectivity index (χ4v) is 3.89. The van der Waals surface area contributed by atoms with Crippen LogP contribution in [0, 0.1) is 0 Å². The summed E-state index contributed by atoms with van der Waals surface area (Å²) in [7, 11) is 1.69. The van der Waals surface area contributed by atoms with Gasteiger partial charge in [0.2, 0.25) is 0 Å². The summed E-state index contributed by atoms with van der Waals surface area (Å²) < 4.78 is 10.7. The number of hydrogen-bond donors (Lipinski definition) is 1. The lowest BCUT2D eigenvalue weighted by atomic mass is 10.0. The Labute approximate surface area is 189 Å². The number of anilines is 1. The first-order valence-corrected chi connectivity index (χ1v) is 11.2. The summed E-state index contributed by atoms with van der Waals surface area (Å²) in [6.45, 7) is 6.97. The predicted molar refractivity (Wildman–Crippen MR) is 126 cm³/mol. The van der Waals surface area contributed by atoms with E-state index in [0.29, 0.717) is 5.82 Å². The summed E-state index contributed by atoms with van der Waals surface area (Å²) in [5.41, 5.74) is 4.35. The molecule has 3 aromatic rings. The first kappa shape index (κ1) is 22.2. The zero-order valence-electron chi connectivity index (χ0n) is 18.9. The van der Waals surface area contributed by atoms with Crippen LogP contribution in [0.1, 0.15) is 30.2 Å². The van der Waals surface area contributed by atoms with Crippen molar-refractivity contribution in [2.75, 3.05) is 38.7 Å². The maximum Gasteiger partial charge on any atom is 0.180 e. The van der Waals surface area contributed by atoms with Crippen molar-refractivity contribution < 1.29 is 9.47 Å². The minimum Gasteiger partial charge on any atom is -0.497 e. The molecule has 1 N–H and O–H groups in total. The fourth-order valence-electron chi connectivity index (χ4n) is 3.89. The van der Waals surface area contributed by atoms with Gasteiger partial charge in [-0.15, -0.1) is 0 Å². The molecule has 7 heteroatoms. The van der Waals surface area contributed by atoms with Crippen molar-refractivity contribution in [2.45, 2.75) is 32.9 Å². The van der Waals surface area contributed by atoms with E-state index >= 15 is 0 Å². The smallest absolute Gasteiger partial charge is 0.180 e. The van der Waals surface area contributed by atoms with Crippen LogP contribution >= 0.6 is 0 Å². The molecule has 0 amide bonds. The molecule has 1 aromatic carbocycles. The quantitative estimate of drug-likeness (QED) is 0.486. The van der Waals surface area contributed by atoms with Gasteiger partial charge in [-0.2, -0.15) is 0 Å². The van der Waals surface area contributed by atoms with E-state index in [0.717, 1.165) is 75.2 Å². The molecule has 7 nitrogen and oxygen atoms in total. The number of pyridine rings is 1. The van der Waals surface area contributed by atoms with Crippen molar-refractivity contribution in [1.82, 2.24) is 19.9 Å². The van der Waals surface area contributed by atoms with Crippen LogP contribution in [0.25, 0.3) is 11.5 Å². The number of fused-ring (bicyclic) bond motifs is 1. The third kappa shape index (κ3) is 5.60. The van der Waals surface area contributed by atoms with Gasteiger partial charge in [-0.25, -0.2) is 9.97 Å². The summed E-state index contributed by atoms with van der Waals surface area (Å²) in [4.78, 5) is 16.7. The van der Waals surface area contributed by atoms with Crippen molar-refractivity contribution in [3.63, 3.8) is 0 Å². The Bertz CT molecular complexity index is 995. The normalized spacial score (nSPS) is 13.6. The lowest BCUT2D eigenvalue weighted by molar-refractivity contribution is 0.147. The second-order valence-corrected chi connectivity index (χ2v) is 7.82. The van der Waals surface area contributed by atoms with Gasteiger partial charge in [-0.1, -0.05) is 18.2 Å². The highest BCUT2D eigenvalue weighted by Gasteiger charge is 2.23. The molecule has 32 heavy (non-hydrogen) atoms. The van der Waals surface area contributed by atoms with Gasteiger partial charge in [0.15, 0.2) is 5.82 Å². The van der Waals surface area contributed by atoms with Crippen LogP contribution in [0.3, 0.4) is 0 Å². The SMILES string of the molecule is CCOCCCNc1nc(-c2ccccn2)nc2c1CCN(Cc1ccc(OC)cc1)C2. The van der Waals surface area contributed by atoms with E-state index in [2.05, 4.69) is 27.3 Å². The van der Waals surface area contributed by atoms with Gasteiger partial charge in [-0.05, 0) is 49.6 Å². The van der Waals surface area contributed by atoms with Crippen LogP contribution in [0.15, 0.2) is 48.7 Å². The summed E-state index contributed by atoms with van der Waals surface area (Å²) in [6, 6.07) is 14.1. The van der Waals surface area contributed by atoms with Crippen LogP contribution in [0.5, 0.6) is 5.75 Å². The number of nitrogens with zero attached hydrogens (tertiary/aromatic N) is 4. The average Bonchev–Trinajstić information content (AvgIpc) is 2.84. The highest BCUT2D eigenvalue weighted by atomic mass is 16.5. The second-order valence-electron chi connectivity index (χ2n) is 7.82. The monoisotopic (exact) mass is 433 g/mol. The van der Waals surface area contributed by atoms with Gasteiger partial charge in [0.25, 0.3) is 0 Å². The van der Waals surface area contributed by atoms with Crippen molar-refractivity contribution in [3.05, 3.63) is 65.5 Å². The Balaban J connectivity index is 1.53. The molecule has 0 aliphatic carbocycles. The average molecular weight is 434 g/mol. The van der Waals surface area contributed by atoms with E-state index in [1.54, 1.807) is 13.3 Å². The first-order valence-electron chi connectivity index (χ1n) is 11.2. The van der Waals surface area contributed by atoms with E-state index in [9.17, 15) is 0 Å². The Kier molecular flexibility index (Phi) is 7.64. The van der Waals surface area contributed by atoms with E-state index in [1.807, 2.05) is 37.3 Å². The summed E-state index contributed by atoms with van der Waals surface area (Å²) >= 11 is 0. The third-order valence-electron chi connectivity index (χ3n) is 5.57. The minimum atomic E-state index is 0.669. The van der Waals surface area contributed by atoms with Gasteiger partial charge < -0.3 is 14.8 Å². The predicted octanol–water partition coefficient (Wildman–Crippen LogP) is 3.94. The number of aromatic nitrogens is 3. The number of methoxy groups -OCH3 is 1. The largest absolute Gasteiger partial charge is 0.497 e. The standard InChI is InChI=1S/C25H31N5O2/c1-3-32-16-6-14-27-24-21-12-15-30(17-19-8-10-20(31-2)11-9-19)18-23(21)28-25(29-24)22-7-4-5-13-26-22/h4-5,7-11,13H,3,6,12,14-18H2,1-2H3,(H,27,28,29). The molecule has 0 bridgehead atoms. The molecule has 0 atom stereocenters. The number of nitrogens with one attached hydrogen (secondary N) is 1. The van der Waals surface area contributed by atoms with Gasteiger partial charge in [0, 0.05) is 51.2 Å². The van der Waals surface area contributed by atoms with E-state index in [1.165, 1.54) is 11.1 Å². The zero-order valence-corrected chi connectivity index (χ0v) is 18.9. The Morgan fingerprint density at radius 1 is 1.09 bits per heavy atom. The topological polar surface area (TPSA) is 72.4 Å². The third-order valence-corrected chi connectivity index (χ3v) is 5.57. The van der Waals surface area contributed by atoms with Crippen LogP contribution in [-0.2, 0) is 24.2 Å². The van der Waals surface area contributed by atoms with Crippen LogP contribution in [0.2, 0.25) is 0 Å². The lowest BCUT2D eigenvalue weighted by Crippen LogP contribution is -2.32. The van der Waals surface area contributed by atoms with Gasteiger partial charge in [-0.3, -0.25) is 9.88 Å². The highest BCUT2D eigenvalue weighted by molar-refractivity contribution is 5.57. The number of rotatable bonds is 10. The molecule has 2 aromatic heterocycles. The molecule has 168 valence electrons. The molecule has 0 unspecified atom stereocenters. The van der Waals surface area contributed by atoms with Crippen LogP contribution in [-0.4, -0.2) is 53.3 Å². The molecule has 0 spiro atoms. The second kappa shape index (κ2) is 11.0. The Morgan fingerprint density at radius 3 is 2.72 bits per heavy atom. The molecular weight excluding hydrogens is 402 g/mol. The first-order chi connectivity index (χ1) is 15.8. The van der Waals surface area contributed by atoms with Gasteiger partial charge in [0.1, 0.15) is 17.3 Å². The molecule has 1 aliphatic heterocycles. The van der Waals surface area contributed by atoms with Crippen molar-refractivity contribution >= 4 is 5.82 Å². The minimum absolute atomic E-state index is 0.669. The van der Waals surface area contributed by atoms with E-state index in [-0.39, 0.29) is 0 Å². The van der Waals surface area contributed by atoms with Gasteiger partial charge in [0.05, 0.1) is 12.8 Å². The van der Waals surface area contributed by atoms with Crippen LogP contribution in [0.4, 0.5) is 5.82 Å². The molecule has 3 heterocycles. The maximum atomic E-state index is 5.47. The molecule has 0 saturated heterocycles. The maximum absolute atomic E-state index is 5.47. The number of benzene rings is 1. The molecule has 0 radical (unpaired) electrons. The number of hydrogen-bond acceptors (Lipinski definition) is 7.